The zero-order valence-electron chi connectivity index (χ0n) is 19.9. The monoisotopic (exact) mass is 564 g/mol. The number of benzene rings is 3. The van der Waals surface area contributed by atoms with Crippen molar-refractivity contribution < 1.29 is 19.1 Å². The molecule has 0 N–H and O–H groups in total. The van der Waals surface area contributed by atoms with Crippen LogP contribution in [0, 0.1) is 0 Å². The fourth-order valence-electron chi connectivity index (χ4n) is 3.76. The molecule has 0 saturated carbocycles. The standard InChI is InChI=1S/C28H25BrN2O4S/c1-3-19-10-14-23(15-11-19)31-27(33)24(30(28(31)36)17-26(32)34-2)16-21-6-4-5-7-25(21)35-18-20-8-12-22(29)13-9-20/h4-16H,3,17-18H2,1-2H3/b24-16-. The Morgan fingerprint density at radius 1 is 1.00 bits per heavy atom. The van der Waals surface area contributed by atoms with Crippen LogP contribution < -0.4 is 9.64 Å². The number of esters is 1. The SMILES string of the molecule is CCc1ccc(N2C(=O)/C(=C/c3ccccc3OCc3ccc(Br)cc3)N(CC(=O)OC)C2=S)cc1. The molecule has 4 rings (SSSR count). The van der Waals surface area contributed by atoms with Crippen LogP contribution in [0.5, 0.6) is 5.75 Å². The van der Waals surface area contributed by atoms with Gasteiger partial charge in [-0.1, -0.05) is 65.3 Å². The first-order valence-corrected chi connectivity index (χ1v) is 12.6. The van der Waals surface area contributed by atoms with E-state index in [4.69, 9.17) is 21.7 Å². The lowest BCUT2D eigenvalue weighted by molar-refractivity contribution is -0.140. The second kappa shape index (κ2) is 11.5. The Hall–Kier alpha value is -3.49. The molecule has 36 heavy (non-hydrogen) atoms. The summed E-state index contributed by atoms with van der Waals surface area (Å²) < 4.78 is 11.9. The Balaban J connectivity index is 1.67. The largest absolute Gasteiger partial charge is 0.488 e. The highest BCUT2D eigenvalue weighted by Crippen LogP contribution is 2.31. The van der Waals surface area contributed by atoms with E-state index in [-0.39, 0.29) is 23.3 Å². The molecule has 1 aliphatic rings. The third kappa shape index (κ3) is 5.66. The minimum atomic E-state index is -0.501. The molecule has 0 radical (unpaired) electrons. The van der Waals surface area contributed by atoms with Crippen molar-refractivity contribution in [3.05, 3.63) is 99.7 Å². The van der Waals surface area contributed by atoms with Crippen LogP contribution in [0.15, 0.2) is 83.0 Å². The Labute approximate surface area is 224 Å². The number of thiocarbonyl (C=S) groups is 1. The Morgan fingerprint density at radius 2 is 1.67 bits per heavy atom. The zero-order chi connectivity index (χ0) is 25.7. The molecular formula is C28H25BrN2O4S. The number of carbonyl (C=O) groups excluding carboxylic acids is 2. The molecule has 1 fully saturated rings. The van der Waals surface area contributed by atoms with Gasteiger partial charge in [-0.25, -0.2) is 0 Å². The fourth-order valence-corrected chi connectivity index (χ4v) is 4.37. The molecule has 1 aliphatic heterocycles. The minimum Gasteiger partial charge on any atom is -0.488 e. The van der Waals surface area contributed by atoms with E-state index >= 15 is 0 Å². The number of anilines is 1. The van der Waals surface area contributed by atoms with Crippen molar-refractivity contribution in [1.82, 2.24) is 4.90 Å². The molecule has 184 valence electrons. The molecule has 0 bridgehead atoms. The van der Waals surface area contributed by atoms with E-state index in [0.717, 1.165) is 22.0 Å². The van der Waals surface area contributed by atoms with Crippen LogP contribution in [0.3, 0.4) is 0 Å². The maximum absolute atomic E-state index is 13.6. The number of para-hydroxylation sites is 1. The van der Waals surface area contributed by atoms with Gasteiger partial charge in [0.05, 0.1) is 12.8 Å². The van der Waals surface area contributed by atoms with Crippen molar-refractivity contribution >= 4 is 56.9 Å². The van der Waals surface area contributed by atoms with E-state index in [0.29, 0.717) is 23.6 Å². The molecule has 0 aromatic heterocycles. The van der Waals surface area contributed by atoms with E-state index in [2.05, 4.69) is 22.9 Å². The predicted molar refractivity (Wildman–Crippen MR) is 148 cm³/mol. The molecule has 0 unspecified atom stereocenters. The highest BCUT2D eigenvalue weighted by molar-refractivity contribution is 9.10. The van der Waals surface area contributed by atoms with Gasteiger partial charge < -0.3 is 14.4 Å². The summed E-state index contributed by atoms with van der Waals surface area (Å²) in [5.74, 6) is -0.217. The lowest BCUT2D eigenvalue weighted by Gasteiger charge is -2.19. The first-order valence-electron chi connectivity index (χ1n) is 11.4. The van der Waals surface area contributed by atoms with Gasteiger partial charge in [0.25, 0.3) is 5.91 Å². The number of nitrogens with zero attached hydrogens (tertiary/aromatic N) is 2. The van der Waals surface area contributed by atoms with E-state index in [1.165, 1.54) is 16.9 Å². The molecule has 0 atom stereocenters. The topological polar surface area (TPSA) is 59.1 Å². The number of rotatable bonds is 8. The van der Waals surface area contributed by atoms with Crippen molar-refractivity contribution in [2.45, 2.75) is 20.0 Å². The predicted octanol–water partition coefficient (Wildman–Crippen LogP) is 5.74. The molecule has 3 aromatic rings. The van der Waals surface area contributed by atoms with E-state index < -0.39 is 5.97 Å². The van der Waals surface area contributed by atoms with Crippen LogP contribution in [0.25, 0.3) is 6.08 Å². The third-order valence-corrected chi connectivity index (χ3v) is 6.70. The molecule has 3 aromatic carbocycles. The molecular weight excluding hydrogens is 540 g/mol. The maximum Gasteiger partial charge on any atom is 0.325 e. The quantitative estimate of drug-likeness (QED) is 0.197. The van der Waals surface area contributed by atoms with Crippen LogP contribution in [0.2, 0.25) is 0 Å². The number of aryl methyl sites for hydroxylation is 1. The molecule has 1 amide bonds. The summed E-state index contributed by atoms with van der Waals surface area (Å²) in [6.07, 6.45) is 2.59. The Kier molecular flexibility index (Phi) is 8.18. The fraction of sp³-hybridized carbons (Fsp3) is 0.179. The summed E-state index contributed by atoms with van der Waals surface area (Å²) in [7, 11) is 1.30. The smallest absolute Gasteiger partial charge is 0.325 e. The number of hydrogen-bond donors (Lipinski definition) is 0. The normalized spacial score (nSPS) is 14.5. The van der Waals surface area contributed by atoms with Gasteiger partial charge in [-0.3, -0.25) is 14.5 Å². The summed E-state index contributed by atoms with van der Waals surface area (Å²) in [5.41, 5.74) is 3.76. The highest BCUT2D eigenvalue weighted by atomic mass is 79.9. The van der Waals surface area contributed by atoms with Crippen molar-refractivity contribution in [2.24, 2.45) is 0 Å². The number of methoxy groups -OCH3 is 1. The molecule has 1 saturated heterocycles. The average molecular weight is 565 g/mol. The van der Waals surface area contributed by atoms with Gasteiger partial charge in [0.1, 0.15) is 24.6 Å². The van der Waals surface area contributed by atoms with Gasteiger partial charge in [-0.15, -0.1) is 0 Å². The minimum absolute atomic E-state index is 0.182. The van der Waals surface area contributed by atoms with Crippen molar-refractivity contribution in [1.29, 1.82) is 0 Å². The number of amides is 1. The van der Waals surface area contributed by atoms with Crippen LogP contribution in [0.1, 0.15) is 23.6 Å². The number of carbonyl (C=O) groups is 2. The summed E-state index contributed by atoms with van der Waals surface area (Å²) in [6, 6.07) is 22.9. The van der Waals surface area contributed by atoms with E-state index in [1.54, 1.807) is 6.08 Å². The summed E-state index contributed by atoms with van der Waals surface area (Å²) in [6.45, 7) is 2.25. The van der Waals surface area contributed by atoms with Crippen molar-refractivity contribution in [3.63, 3.8) is 0 Å². The van der Waals surface area contributed by atoms with Crippen LogP contribution in [0.4, 0.5) is 5.69 Å². The Bertz CT molecular complexity index is 1310. The molecule has 8 heteroatoms. The molecule has 6 nitrogen and oxygen atoms in total. The van der Waals surface area contributed by atoms with Gasteiger partial charge in [-0.2, -0.15) is 0 Å². The van der Waals surface area contributed by atoms with Crippen molar-refractivity contribution in [2.75, 3.05) is 18.6 Å². The first kappa shape index (κ1) is 25.6. The van der Waals surface area contributed by atoms with Gasteiger partial charge in [0, 0.05) is 10.0 Å². The highest BCUT2D eigenvalue weighted by Gasteiger charge is 2.40. The average Bonchev–Trinajstić information content (AvgIpc) is 3.12. The second-order valence-corrected chi connectivity index (χ2v) is 9.37. The Morgan fingerprint density at radius 3 is 2.33 bits per heavy atom. The van der Waals surface area contributed by atoms with Crippen LogP contribution >= 0.6 is 28.1 Å². The van der Waals surface area contributed by atoms with Gasteiger partial charge in [-0.05, 0) is 66.2 Å². The lowest BCUT2D eigenvalue weighted by atomic mass is 10.1. The number of hydrogen-bond acceptors (Lipinski definition) is 5. The second-order valence-electron chi connectivity index (χ2n) is 8.09. The van der Waals surface area contributed by atoms with E-state index in [9.17, 15) is 9.59 Å². The molecule has 0 spiro atoms. The summed E-state index contributed by atoms with van der Waals surface area (Å²) in [5, 5.41) is 0.217. The first-order chi connectivity index (χ1) is 17.4. The van der Waals surface area contributed by atoms with Gasteiger partial charge in [0.2, 0.25) is 0 Å². The van der Waals surface area contributed by atoms with Gasteiger partial charge >= 0.3 is 5.97 Å². The molecule has 0 aliphatic carbocycles. The summed E-state index contributed by atoms with van der Waals surface area (Å²) in [4.78, 5) is 28.7. The van der Waals surface area contributed by atoms with E-state index in [1.807, 2.05) is 72.8 Å². The van der Waals surface area contributed by atoms with Gasteiger partial charge in [0.15, 0.2) is 5.11 Å². The maximum atomic E-state index is 13.6. The number of ether oxygens (including phenoxy) is 2. The van der Waals surface area contributed by atoms with Crippen LogP contribution in [-0.4, -0.2) is 35.5 Å². The third-order valence-electron chi connectivity index (χ3n) is 5.77. The lowest BCUT2D eigenvalue weighted by Crippen LogP contribution is -2.35. The van der Waals surface area contributed by atoms with Crippen LogP contribution in [-0.2, 0) is 27.4 Å². The number of halogens is 1. The molecule has 1 heterocycles. The van der Waals surface area contributed by atoms with Crippen molar-refractivity contribution in [3.8, 4) is 5.75 Å². The summed E-state index contributed by atoms with van der Waals surface area (Å²) >= 11 is 9.08. The zero-order valence-corrected chi connectivity index (χ0v) is 22.3.